The maximum Gasteiger partial charge on any atom is 0.0715 e. The molecule has 3 atom stereocenters. The SMILES string of the molecule is N#CC1[C]SC2C=CC=CC12. The minimum atomic E-state index is -0.00815. The molecular weight excluding hydrogens is 154 g/mol. The van der Waals surface area contributed by atoms with Crippen molar-refractivity contribution in [2.24, 2.45) is 11.8 Å². The molecule has 0 saturated carbocycles. The number of hydrogen-bond donors (Lipinski definition) is 0. The zero-order valence-electron chi connectivity index (χ0n) is 5.90. The molecule has 2 aliphatic rings. The maximum absolute atomic E-state index is 8.72. The molecule has 11 heavy (non-hydrogen) atoms. The molecule has 0 aromatic heterocycles. The van der Waals surface area contributed by atoms with Crippen molar-refractivity contribution < 1.29 is 0 Å². The van der Waals surface area contributed by atoms with Gasteiger partial charge in [-0.25, -0.2) is 0 Å². The number of fused-ring (bicyclic) bond motifs is 1. The molecule has 0 aromatic rings. The zero-order chi connectivity index (χ0) is 7.68. The van der Waals surface area contributed by atoms with E-state index in [9.17, 15) is 0 Å². The summed E-state index contributed by atoms with van der Waals surface area (Å²) in [4.78, 5) is 0. The fourth-order valence-electron chi connectivity index (χ4n) is 1.37. The largest absolute Gasteiger partial charge is 0.198 e. The summed E-state index contributed by atoms with van der Waals surface area (Å²) < 4.78 is 0. The van der Waals surface area contributed by atoms with E-state index in [1.807, 2.05) is 12.2 Å². The molecule has 0 spiro atoms. The maximum atomic E-state index is 8.72. The molecule has 3 unspecified atom stereocenters. The molecule has 1 fully saturated rings. The molecule has 1 heterocycles. The van der Waals surface area contributed by atoms with E-state index in [1.54, 1.807) is 11.8 Å². The van der Waals surface area contributed by atoms with Crippen molar-refractivity contribution in [3.05, 3.63) is 30.1 Å². The first-order chi connectivity index (χ1) is 5.42. The lowest BCUT2D eigenvalue weighted by Gasteiger charge is -2.15. The van der Waals surface area contributed by atoms with E-state index >= 15 is 0 Å². The molecule has 54 valence electrons. The Balaban J connectivity index is 2.20. The van der Waals surface area contributed by atoms with Gasteiger partial charge in [0, 0.05) is 11.2 Å². The van der Waals surface area contributed by atoms with Crippen LogP contribution in [-0.2, 0) is 0 Å². The monoisotopic (exact) mass is 161 g/mol. The van der Waals surface area contributed by atoms with Crippen LogP contribution in [-0.4, -0.2) is 5.25 Å². The summed E-state index contributed by atoms with van der Waals surface area (Å²) in [6.07, 6.45) is 8.29. The minimum Gasteiger partial charge on any atom is -0.198 e. The summed E-state index contributed by atoms with van der Waals surface area (Å²) in [6.45, 7) is 0. The first-order valence-corrected chi connectivity index (χ1v) is 4.45. The Kier molecular flexibility index (Phi) is 1.75. The summed E-state index contributed by atoms with van der Waals surface area (Å²) >= 11 is 1.65. The van der Waals surface area contributed by atoms with Crippen molar-refractivity contribution in [1.82, 2.24) is 0 Å². The number of hydrogen-bond acceptors (Lipinski definition) is 2. The standard InChI is InChI=1S/C9H7NS/c10-5-7-6-11-9-4-2-1-3-8(7)9/h1-4,7-9H. The van der Waals surface area contributed by atoms with Gasteiger partial charge in [-0.1, -0.05) is 24.3 Å². The minimum absolute atomic E-state index is 0.00815. The van der Waals surface area contributed by atoms with Gasteiger partial charge in [0.15, 0.2) is 0 Å². The van der Waals surface area contributed by atoms with Crippen LogP contribution in [0, 0.1) is 28.9 Å². The molecule has 2 heteroatoms. The highest BCUT2D eigenvalue weighted by molar-refractivity contribution is 8.02. The first kappa shape index (κ1) is 7.00. The lowest BCUT2D eigenvalue weighted by molar-refractivity contribution is 0.595. The molecule has 1 aliphatic carbocycles. The van der Waals surface area contributed by atoms with E-state index < -0.39 is 0 Å². The van der Waals surface area contributed by atoms with E-state index in [0.29, 0.717) is 11.2 Å². The summed E-state index contributed by atoms with van der Waals surface area (Å²) in [5.74, 6) is 3.46. The van der Waals surface area contributed by atoms with Crippen LogP contribution in [0.15, 0.2) is 24.3 Å². The second kappa shape index (κ2) is 2.75. The Morgan fingerprint density at radius 3 is 3.00 bits per heavy atom. The lowest BCUT2D eigenvalue weighted by atomic mass is 9.89. The van der Waals surface area contributed by atoms with Crippen LogP contribution < -0.4 is 0 Å². The van der Waals surface area contributed by atoms with Gasteiger partial charge in [-0.05, 0) is 0 Å². The van der Waals surface area contributed by atoms with Crippen molar-refractivity contribution in [1.29, 1.82) is 5.26 Å². The van der Waals surface area contributed by atoms with Crippen molar-refractivity contribution >= 4 is 11.8 Å². The predicted octanol–water partition coefficient (Wildman–Crippen LogP) is 2.02. The van der Waals surface area contributed by atoms with Gasteiger partial charge in [-0.15, -0.1) is 11.8 Å². The summed E-state index contributed by atoms with van der Waals surface area (Å²) in [5.41, 5.74) is 0. The predicted molar refractivity (Wildman–Crippen MR) is 45.5 cm³/mol. The summed E-state index contributed by atoms with van der Waals surface area (Å²) in [6, 6.07) is 2.25. The fraction of sp³-hybridized carbons (Fsp3) is 0.333. The third-order valence-electron chi connectivity index (χ3n) is 1.98. The zero-order valence-corrected chi connectivity index (χ0v) is 6.71. The second-order valence-electron chi connectivity index (χ2n) is 2.65. The van der Waals surface area contributed by atoms with Gasteiger partial charge >= 0.3 is 0 Å². The van der Waals surface area contributed by atoms with Gasteiger partial charge in [-0.2, -0.15) is 5.26 Å². The summed E-state index contributed by atoms with van der Waals surface area (Å²) in [5, 5.41) is 9.18. The number of rotatable bonds is 0. The molecule has 0 N–H and O–H groups in total. The van der Waals surface area contributed by atoms with Crippen molar-refractivity contribution in [2.75, 3.05) is 0 Å². The molecule has 0 bridgehead atoms. The fourth-order valence-corrected chi connectivity index (χ4v) is 2.45. The third kappa shape index (κ3) is 1.10. The number of nitrogens with zero attached hydrogens (tertiary/aromatic N) is 1. The Bertz CT molecular complexity index is 249. The number of nitriles is 1. The average molecular weight is 161 g/mol. The quantitative estimate of drug-likeness (QED) is 0.542. The van der Waals surface area contributed by atoms with Crippen LogP contribution in [0.1, 0.15) is 0 Å². The van der Waals surface area contributed by atoms with Gasteiger partial charge in [0.1, 0.15) is 0 Å². The first-order valence-electron chi connectivity index (χ1n) is 3.57. The number of thioether (sulfide) groups is 1. The van der Waals surface area contributed by atoms with Crippen LogP contribution in [0.3, 0.4) is 0 Å². The van der Waals surface area contributed by atoms with Gasteiger partial charge in [-0.3, -0.25) is 0 Å². The smallest absolute Gasteiger partial charge is 0.0715 e. The molecule has 0 aromatic carbocycles. The molecule has 1 nitrogen and oxygen atoms in total. The van der Waals surface area contributed by atoms with Crippen molar-refractivity contribution in [3.63, 3.8) is 0 Å². The third-order valence-corrected chi connectivity index (χ3v) is 3.11. The highest BCUT2D eigenvalue weighted by Gasteiger charge is 2.35. The van der Waals surface area contributed by atoms with E-state index in [4.69, 9.17) is 5.26 Å². The van der Waals surface area contributed by atoms with E-state index in [0.717, 1.165) is 0 Å². The van der Waals surface area contributed by atoms with E-state index in [1.165, 1.54) is 0 Å². The van der Waals surface area contributed by atoms with E-state index in [2.05, 4.69) is 24.0 Å². The van der Waals surface area contributed by atoms with Crippen LogP contribution in [0.25, 0.3) is 0 Å². The highest BCUT2D eigenvalue weighted by Crippen LogP contribution is 2.42. The van der Waals surface area contributed by atoms with Gasteiger partial charge in [0.2, 0.25) is 0 Å². The molecule has 1 aliphatic heterocycles. The Hall–Kier alpha value is -0.680. The Morgan fingerprint density at radius 2 is 2.18 bits per heavy atom. The average Bonchev–Trinajstić information content (AvgIpc) is 2.47. The molecular formula is C9H7NS. The second-order valence-corrected chi connectivity index (χ2v) is 3.67. The molecule has 2 rings (SSSR count). The number of allylic oxidation sites excluding steroid dienone is 3. The molecule has 1 saturated heterocycles. The van der Waals surface area contributed by atoms with Crippen LogP contribution >= 0.6 is 11.8 Å². The van der Waals surface area contributed by atoms with Crippen LogP contribution in [0.5, 0.6) is 0 Å². The molecule has 2 radical (unpaired) electrons. The molecule has 0 amide bonds. The van der Waals surface area contributed by atoms with Gasteiger partial charge < -0.3 is 0 Å². The summed E-state index contributed by atoms with van der Waals surface area (Å²) in [7, 11) is 0. The van der Waals surface area contributed by atoms with Crippen molar-refractivity contribution in [2.45, 2.75) is 5.25 Å². The van der Waals surface area contributed by atoms with E-state index in [-0.39, 0.29) is 5.92 Å². The van der Waals surface area contributed by atoms with Crippen molar-refractivity contribution in [3.8, 4) is 6.07 Å². The van der Waals surface area contributed by atoms with Crippen LogP contribution in [0.2, 0.25) is 0 Å². The topological polar surface area (TPSA) is 23.8 Å². The van der Waals surface area contributed by atoms with Gasteiger partial charge in [0.05, 0.1) is 17.7 Å². The normalized spacial score (nSPS) is 40.1. The van der Waals surface area contributed by atoms with Gasteiger partial charge in [0.25, 0.3) is 0 Å². The lowest BCUT2D eigenvalue weighted by Crippen LogP contribution is -2.14. The Morgan fingerprint density at radius 1 is 1.36 bits per heavy atom. The van der Waals surface area contributed by atoms with Crippen LogP contribution in [0.4, 0.5) is 0 Å². The Labute approximate surface area is 70.8 Å². The highest BCUT2D eigenvalue weighted by atomic mass is 32.2.